The fourth-order valence-electron chi connectivity index (χ4n) is 4.20. The van der Waals surface area contributed by atoms with Crippen molar-refractivity contribution in [2.75, 3.05) is 36.9 Å². The maximum absolute atomic E-state index is 13.2. The Bertz CT molecular complexity index is 1370. The molecule has 0 aromatic carbocycles. The van der Waals surface area contributed by atoms with Gasteiger partial charge in [-0.2, -0.15) is 9.36 Å². The highest BCUT2D eigenvalue weighted by Crippen LogP contribution is 2.44. The van der Waals surface area contributed by atoms with Gasteiger partial charge in [0, 0.05) is 42.5 Å². The molecule has 4 atom stereocenters. The Morgan fingerprint density at radius 3 is 2.88 bits per heavy atom. The summed E-state index contributed by atoms with van der Waals surface area (Å²) in [5.41, 5.74) is 9.58. The SMILES string of the molecule is NCCCn1nnnc1SCC1(C(=O)O)CS[C@@H]2C(NC(=O)C(=NOC3CCOC3=O)c3nsc(N)n3)C(=O)N2C1. The maximum Gasteiger partial charge on any atom is 0.350 e. The molecule has 21 heteroatoms. The van der Waals surface area contributed by atoms with Crippen LogP contribution in [0.15, 0.2) is 10.3 Å². The molecule has 5 rings (SSSR count). The third-order valence-corrected chi connectivity index (χ3v) is 9.84. The van der Waals surface area contributed by atoms with Gasteiger partial charge in [0.25, 0.3) is 5.91 Å². The third-order valence-electron chi connectivity index (χ3n) is 6.46. The molecule has 0 bridgehead atoms. The molecule has 3 aliphatic heterocycles. The number of amides is 2. The van der Waals surface area contributed by atoms with E-state index in [9.17, 15) is 24.3 Å². The summed E-state index contributed by atoms with van der Waals surface area (Å²) in [5.74, 6) is -2.77. The molecule has 220 valence electrons. The number of thioether (sulfide) groups is 2. The van der Waals surface area contributed by atoms with Gasteiger partial charge in [-0.25, -0.2) is 9.48 Å². The second-order valence-electron chi connectivity index (χ2n) is 9.27. The molecular formula is C20H25N11O7S3. The van der Waals surface area contributed by atoms with E-state index in [0.717, 1.165) is 11.5 Å². The molecule has 3 unspecified atom stereocenters. The number of hydrogen-bond donors (Lipinski definition) is 4. The number of aromatic nitrogens is 6. The first-order valence-corrected chi connectivity index (χ1v) is 15.1. The number of nitrogens with two attached hydrogens (primary N) is 2. The Hall–Kier alpha value is -3.56. The molecule has 0 radical (unpaired) electrons. The molecular weight excluding hydrogens is 602 g/mol. The molecule has 2 aromatic rings. The van der Waals surface area contributed by atoms with Gasteiger partial charge in [0.2, 0.25) is 28.7 Å². The van der Waals surface area contributed by atoms with Gasteiger partial charge in [0.05, 0.1) is 6.61 Å². The van der Waals surface area contributed by atoms with Crippen LogP contribution in [0.5, 0.6) is 0 Å². The summed E-state index contributed by atoms with van der Waals surface area (Å²) in [6, 6.07) is -0.951. The number of nitrogens with zero attached hydrogens (tertiary/aromatic N) is 8. The van der Waals surface area contributed by atoms with Crippen LogP contribution in [0.1, 0.15) is 18.7 Å². The summed E-state index contributed by atoms with van der Waals surface area (Å²) in [6.07, 6.45) is -0.0753. The number of aryl methyl sites for hydroxylation is 1. The summed E-state index contributed by atoms with van der Waals surface area (Å²) in [7, 11) is 0. The fraction of sp³-hybridized carbons (Fsp3) is 0.600. The Balaban J connectivity index is 1.24. The molecule has 41 heavy (non-hydrogen) atoms. The van der Waals surface area contributed by atoms with E-state index in [1.807, 2.05) is 0 Å². The van der Waals surface area contributed by atoms with E-state index in [0.29, 0.717) is 24.7 Å². The van der Waals surface area contributed by atoms with Crippen molar-refractivity contribution in [3.63, 3.8) is 0 Å². The number of carboxylic acids is 1. The van der Waals surface area contributed by atoms with Crippen LogP contribution in [0.4, 0.5) is 5.13 Å². The van der Waals surface area contributed by atoms with Gasteiger partial charge < -0.3 is 36.4 Å². The highest BCUT2D eigenvalue weighted by atomic mass is 32.2. The number of ether oxygens (including phenoxy) is 1. The second-order valence-corrected chi connectivity index (χ2v) is 12.1. The summed E-state index contributed by atoms with van der Waals surface area (Å²) in [4.78, 5) is 61.0. The van der Waals surface area contributed by atoms with Crippen molar-refractivity contribution in [3.8, 4) is 0 Å². The van der Waals surface area contributed by atoms with E-state index in [2.05, 4.69) is 35.4 Å². The normalized spacial score (nSPS) is 25.8. The monoisotopic (exact) mass is 627 g/mol. The Morgan fingerprint density at radius 1 is 1.37 bits per heavy atom. The van der Waals surface area contributed by atoms with Crippen molar-refractivity contribution >= 4 is 69.7 Å². The third kappa shape index (κ3) is 5.92. The maximum atomic E-state index is 13.2. The molecule has 0 spiro atoms. The van der Waals surface area contributed by atoms with Crippen molar-refractivity contribution in [2.24, 2.45) is 16.3 Å². The van der Waals surface area contributed by atoms with Crippen molar-refractivity contribution < 1.29 is 33.9 Å². The second kappa shape index (κ2) is 12.1. The van der Waals surface area contributed by atoms with Crippen LogP contribution < -0.4 is 16.8 Å². The molecule has 3 aliphatic rings. The molecule has 0 aliphatic carbocycles. The number of esters is 1. The number of nitrogen functional groups attached to an aromatic ring is 1. The van der Waals surface area contributed by atoms with Gasteiger partial charge in [-0.3, -0.25) is 14.4 Å². The molecule has 6 N–H and O–H groups in total. The number of rotatable bonds is 12. The van der Waals surface area contributed by atoms with Crippen LogP contribution in [0, 0.1) is 5.41 Å². The number of carboxylic acid groups (broad SMARTS) is 1. The number of β-lactam (4-membered cyclic amide) rings is 1. The molecule has 3 saturated heterocycles. The number of aliphatic carboxylic acids is 1. The lowest BCUT2D eigenvalue weighted by atomic mass is 9.89. The van der Waals surface area contributed by atoms with E-state index in [-0.39, 0.29) is 47.7 Å². The lowest BCUT2D eigenvalue weighted by molar-refractivity contribution is -0.157. The van der Waals surface area contributed by atoms with Crippen LogP contribution in [0.25, 0.3) is 0 Å². The number of carbonyl (C=O) groups excluding carboxylic acids is 3. The zero-order valence-electron chi connectivity index (χ0n) is 21.2. The topological polar surface area (TPSA) is 256 Å². The molecule has 0 saturated carbocycles. The van der Waals surface area contributed by atoms with Gasteiger partial charge in [-0.05, 0) is 23.4 Å². The Kier molecular flexibility index (Phi) is 8.56. The molecule has 5 heterocycles. The fourth-order valence-corrected chi connectivity index (χ4v) is 7.40. The van der Waals surface area contributed by atoms with Gasteiger partial charge in [-0.15, -0.1) is 16.9 Å². The zero-order valence-corrected chi connectivity index (χ0v) is 23.7. The predicted octanol–water partition coefficient (Wildman–Crippen LogP) is -2.24. The van der Waals surface area contributed by atoms with Gasteiger partial charge in [0.15, 0.2) is 5.13 Å². The van der Waals surface area contributed by atoms with Crippen LogP contribution >= 0.6 is 35.1 Å². The van der Waals surface area contributed by atoms with E-state index >= 15 is 0 Å². The van der Waals surface area contributed by atoms with Gasteiger partial charge in [0.1, 0.15) is 16.8 Å². The van der Waals surface area contributed by atoms with Crippen LogP contribution in [0.3, 0.4) is 0 Å². The molecule has 3 fully saturated rings. The summed E-state index contributed by atoms with van der Waals surface area (Å²) in [6.45, 7) is 1.06. The highest BCUT2D eigenvalue weighted by Gasteiger charge is 2.57. The number of cyclic esters (lactones) is 1. The van der Waals surface area contributed by atoms with Crippen LogP contribution in [-0.4, -0.2) is 118 Å². The lowest BCUT2D eigenvalue weighted by Gasteiger charge is -2.53. The van der Waals surface area contributed by atoms with Crippen LogP contribution in [0.2, 0.25) is 0 Å². The Labute approximate surface area is 244 Å². The average Bonchev–Trinajstić information content (AvgIpc) is 3.70. The number of tetrazole rings is 1. The van der Waals surface area contributed by atoms with Crippen molar-refractivity contribution in [1.82, 2.24) is 39.8 Å². The van der Waals surface area contributed by atoms with Crippen LogP contribution in [-0.2, 0) is 35.3 Å². The van der Waals surface area contributed by atoms with E-state index < -0.39 is 46.7 Å². The largest absolute Gasteiger partial charge is 0.481 e. The predicted molar refractivity (Wildman–Crippen MR) is 143 cm³/mol. The number of oxime groups is 1. The molecule has 2 amide bonds. The smallest absolute Gasteiger partial charge is 0.350 e. The number of fused-ring (bicyclic) bond motifs is 1. The van der Waals surface area contributed by atoms with Crippen molar-refractivity contribution in [2.45, 2.75) is 42.1 Å². The zero-order chi connectivity index (χ0) is 29.1. The first kappa shape index (κ1) is 29.0. The minimum absolute atomic E-state index is 0.0550. The number of carbonyl (C=O) groups is 4. The number of hydrogen-bond acceptors (Lipinski definition) is 17. The summed E-state index contributed by atoms with van der Waals surface area (Å²) in [5, 5.41) is 28.1. The Morgan fingerprint density at radius 2 is 2.20 bits per heavy atom. The van der Waals surface area contributed by atoms with Gasteiger partial charge >= 0.3 is 11.9 Å². The van der Waals surface area contributed by atoms with E-state index in [1.54, 1.807) is 4.68 Å². The number of anilines is 1. The minimum atomic E-state index is -1.26. The summed E-state index contributed by atoms with van der Waals surface area (Å²) >= 11 is 3.27. The van der Waals surface area contributed by atoms with Crippen molar-refractivity contribution in [1.29, 1.82) is 0 Å². The lowest BCUT2D eigenvalue weighted by Crippen LogP contribution is -2.74. The molecule has 2 aromatic heterocycles. The average molecular weight is 628 g/mol. The van der Waals surface area contributed by atoms with Gasteiger partial charge in [-0.1, -0.05) is 16.9 Å². The minimum Gasteiger partial charge on any atom is -0.481 e. The quantitative estimate of drug-likeness (QED) is 0.0637. The number of nitrogens with one attached hydrogen (secondary N) is 1. The van der Waals surface area contributed by atoms with Crippen molar-refractivity contribution in [3.05, 3.63) is 5.82 Å². The standard InChI is InChI=1S/C20H25N11O7S3/c21-3-1-4-31-19(25-28-29-31)40-8-20(17(35)36)6-30-14(33)11(15(30)39-7-20)23-13(32)10(12-24-18(22)41-27-12)26-38-9-2-5-37-16(9)34/h9,11,15H,1-8,21H2,(H,23,32)(H,35,36)(H2,22,24,27)/t9?,11?,15-,20?/m1/s1. The first-order valence-electron chi connectivity index (χ1n) is 12.3. The van der Waals surface area contributed by atoms with E-state index in [4.69, 9.17) is 21.0 Å². The van der Waals surface area contributed by atoms with E-state index in [1.165, 1.54) is 28.4 Å². The highest BCUT2D eigenvalue weighted by molar-refractivity contribution is 8.00. The summed E-state index contributed by atoms with van der Waals surface area (Å²) < 4.78 is 10.4. The molecule has 18 nitrogen and oxygen atoms in total. The first-order chi connectivity index (χ1) is 19.7.